The Morgan fingerprint density at radius 2 is 2.27 bits per heavy atom. The number of aryl methyl sites for hydroxylation is 2. The molecule has 1 saturated heterocycles. The van der Waals surface area contributed by atoms with Crippen molar-refractivity contribution in [2.24, 2.45) is 17.6 Å². The van der Waals surface area contributed by atoms with Crippen molar-refractivity contribution in [1.82, 2.24) is 9.29 Å². The fourth-order valence-corrected chi connectivity index (χ4v) is 6.44. The molecule has 2 aliphatic rings. The second kappa shape index (κ2) is 5.90. The van der Waals surface area contributed by atoms with Crippen molar-refractivity contribution >= 4 is 27.3 Å². The van der Waals surface area contributed by atoms with E-state index in [-0.39, 0.29) is 17.6 Å². The van der Waals surface area contributed by atoms with Gasteiger partial charge in [-0.3, -0.25) is 4.79 Å². The van der Waals surface area contributed by atoms with Crippen LogP contribution >= 0.6 is 11.3 Å². The van der Waals surface area contributed by atoms with E-state index in [2.05, 4.69) is 4.98 Å². The van der Waals surface area contributed by atoms with Gasteiger partial charge in [-0.25, -0.2) is 13.4 Å². The van der Waals surface area contributed by atoms with E-state index in [0.717, 1.165) is 29.8 Å². The summed E-state index contributed by atoms with van der Waals surface area (Å²) >= 11 is 1.47. The Hall–Kier alpha value is -0.990. The normalized spacial score (nSPS) is 28.9. The van der Waals surface area contributed by atoms with E-state index in [9.17, 15) is 13.2 Å². The Balaban J connectivity index is 1.76. The van der Waals surface area contributed by atoms with Gasteiger partial charge >= 0.3 is 0 Å². The van der Waals surface area contributed by atoms with Crippen LogP contribution in [0.1, 0.15) is 29.8 Å². The van der Waals surface area contributed by atoms with Crippen LogP contribution in [0.25, 0.3) is 0 Å². The smallest absolute Gasteiger partial charge is 0.236 e. The third-order valence-electron chi connectivity index (χ3n) is 4.93. The minimum absolute atomic E-state index is 0.0131. The number of carbonyl (C=O) groups is 1. The Bertz CT molecular complexity index is 671. The molecule has 0 spiro atoms. The molecule has 122 valence electrons. The van der Waals surface area contributed by atoms with E-state index in [1.54, 1.807) is 5.51 Å². The first-order valence-corrected chi connectivity index (χ1v) is 10.1. The first-order valence-electron chi connectivity index (χ1n) is 7.58. The van der Waals surface area contributed by atoms with E-state index in [0.29, 0.717) is 13.0 Å². The van der Waals surface area contributed by atoms with Gasteiger partial charge in [-0.05, 0) is 38.0 Å². The number of nitrogens with two attached hydrogens (primary N) is 1. The highest BCUT2D eigenvalue weighted by Crippen LogP contribution is 2.43. The van der Waals surface area contributed by atoms with Crippen LogP contribution in [0.15, 0.2) is 5.51 Å². The summed E-state index contributed by atoms with van der Waals surface area (Å²) in [6, 6.07) is -0.653. The van der Waals surface area contributed by atoms with Crippen molar-refractivity contribution in [3.05, 3.63) is 16.1 Å². The van der Waals surface area contributed by atoms with Crippen molar-refractivity contribution < 1.29 is 13.2 Å². The van der Waals surface area contributed by atoms with Gasteiger partial charge in [0.05, 0.1) is 17.0 Å². The summed E-state index contributed by atoms with van der Waals surface area (Å²) < 4.78 is 26.8. The molecule has 2 N–H and O–H groups in total. The number of nitrogens with zero attached hydrogens (tertiary/aromatic N) is 2. The van der Waals surface area contributed by atoms with Gasteiger partial charge in [-0.2, -0.15) is 4.31 Å². The van der Waals surface area contributed by atoms with Gasteiger partial charge in [0.1, 0.15) is 6.04 Å². The molecule has 1 amide bonds. The van der Waals surface area contributed by atoms with Crippen molar-refractivity contribution in [1.29, 1.82) is 0 Å². The van der Waals surface area contributed by atoms with Gasteiger partial charge < -0.3 is 5.73 Å². The van der Waals surface area contributed by atoms with Gasteiger partial charge in [0, 0.05) is 11.4 Å². The van der Waals surface area contributed by atoms with Crippen molar-refractivity contribution in [2.75, 3.05) is 12.3 Å². The highest BCUT2D eigenvalue weighted by Gasteiger charge is 2.50. The highest BCUT2D eigenvalue weighted by molar-refractivity contribution is 7.89. The Kier molecular flexibility index (Phi) is 4.26. The molecule has 1 saturated carbocycles. The van der Waals surface area contributed by atoms with Crippen LogP contribution in [-0.2, 0) is 21.2 Å². The van der Waals surface area contributed by atoms with Gasteiger partial charge in [0.2, 0.25) is 15.9 Å². The molecule has 0 bridgehead atoms. The number of amides is 1. The lowest BCUT2D eigenvalue weighted by atomic mass is 9.94. The lowest BCUT2D eigenvalue weighted by Crippen LogP contribution is -2.47. The number of carbonyl (C=O) groups excluding carboxylic acids is 1. The molecule has 2 heterocycles. The standard InChI is InChI=1S/C14H21N3O3S2/c1-9-12(21-8-16-9)5-6-22(19,20)17-7-10-3-2-4-11(10)13(17)14(15)18/h8,10-11,13H,2-7H2,1H3,(H2,15,18)/t10-,11-,13+/m0/s1. The van der Waals surface area contributed by atoms with Gasteiger partial charge in [-0.1, -0.05) is 6.42 Å². The molecule has 1 aromatic heterocycles. The molecule has 0 aromatic carbocycles. The third-order valence-corrected chi connectivity index (χ3v) is 7.73. The zero-order valence-electron chi connectivity index (χ0n) is 12.6. The van der Waals surface area contributed by atoms with Crippen LogP contribution in [0, 0.1) is 18.8 Å². The summed E-state index contributed by atoms with van der Waals surface area (Å²) in [7, 11) is -3.48. The number of fused-ring (bicyclic) bond motifs is 1. The summed E-state index contributed by atoms with van der Waals surface area (Å²) in [4.78, 5) is 16.9. The first-order chi connectivity index (χ1) is 10.4. The van der Waals surface area contributed by atoms with Crippen molar-refractivity contribution in [2.45, 2.75) is 38.6 Å². The molecule has 1 aliphatic carbocycles. The van der Waals surface area contributed by atoms with Crippen LogP contribution in [0.5, 0.6) is 0 Å². The van der Waals surface area contributed by atoms with Gasteiger partial charge in [-0.15, -0.1) is 11.3 Å². The lowest BCUT2D eigenvalue weighted by Gasteiger charge is -2.24. The first kappa shape index (κ1) is 15.9. The highest BCUT2D eigenvalue weighted by atomic mass is 32.2. The SMILES string of the molecule is Cc1ncsc1CCS(=O)(=O)N1C[C@@H]2CCC[C@@H]2[C@@H]1C(N)=O. The molecule has 0 radical (unpaired) electrons. The van der Waals surface area contributed by atoms with Crippen molar-refractivity contribution in [3.8, 4) is 0 Å². The maximum atomic E-state index is 12.7. The third kappa shape index (κ3) is 2.79. The zero-order valence-corrected chi connectivity index (χ0v) is 14.2. The van der Waals surface area contributed by atoms with Crippen LogP contribution in [0.2, 0.25) is 0 Å². The minimum atomic E-state index is -3.48. The second-order valence-electron chi connectivity index (χ2n) is 6.20. The van der Waals surface area contributed by atoms with Crippen LogP contribution in [0.3, 0.4) is 0 Å². The number of sulfonamides is 1. The number of primary amides is 1. The van der Waals surface area contributed by atoms with E-state index in [4.69, 9.17) is 5.73 Å². The topological polar surface area (TPSA) is 93.4 Å². The predicted molar refractivity (Wildman–Crippen MR) is 84.9 cm³/mol. The Labute approximate surface area is 134 Å². The molecule has 2 fully saturated rings. The molecular weight excluding hydrogens is 322 g/mol. The fraction of sp³-hybridized carbons (Fsp3) is 0.714. The van der Waals surface area contributed by atoms with Crippen LogP contribution in [0.4, 0.5) is 0 Å². The maximum absolute atomic E-state index is 12.7. The molecule has 1 aliphatic heterocycles. The van der Waals surface area contributed by atoms with E-state index in [1.807, 2.05) is 6.92 Å². The molecule has 22 heavy (non-hydrogen) atoms. The number of thiazole rings is 1. The summed E-state index contributed by atoms with van der Waals surface area (Å²) in [6.07, 6.45) is 3.40. The average molecular weight is 343 g/mol. The monoisotopic (exact) mass is 343 g/mol. The Morgan fingerprint density at radius 3 is 2.91 bits per heavy atom. The Morgan fingerprint density at radius 1 is 1.50 bits per heavy atom. The average Bonchev–Trinajstić information content (AvgIpc) is 3.10. The van der Waals surface area contributed by atoms with E-state index >= 15 is 0 Å². The second-order valence-corrected chi connectivity index (χ2v) is 9.18. The zero-order chi connectivity index (χ0) is 15.9. The summed E-state index contributed by atoms with van der Waals surface area (Å²) in [6.45, 7) is 2.33. The van der Waals surface area contributed by atoms with E-state index < -0.39 is 22.0 Å². The summed E-state index contributed by atoms with van der Waals surface area (Å²) in [5.41, 5.74) is 8.11. The number of rotatable bonds is 5. The maximum Gasteiger partial charge on any atom is 0.236 e. The molecule has 3 rings (SSSR count). The summed E-state index contributed by atoms with van der Waals surface area (Å²) in [5.74, 6) is -0.0963. The number of hydrogen-bond donors (Lipinski definition) is 1. The summed E-state index contributed by atoms with van der Waals surface area (Å²) in [5, 5.41) is 0. The molecule has 3 atom stereocenters. The molecule has 6 nitrogen and oxygen atoms in total. The fourth-order valence-electron chi connectivity index (χ4n) is 3.81. The van der Waals surface area contributed by atoms with Crippen molar-refractivity contribution in [3.63, 3.8) is 0 Å². The quantitative estimate of drug-likeness (QED) is 0.860. The molecule has 0 unspecified atom stereocenters. The largest absolute Gasteiger partial charge is 0.368 e. The van der Waals surface area contributed by atoms with E-state index in [1.165, 1.54) is 15.6 Å². The predicted octanol–water partition coefficient (Wildman–Crippen LogP) is 0.910. The van der Waals surface area contributed by atoms with Gasteiger partial charge in [0.25, 0.3) is 0 Å². The van der Waals surface area contributed by atoms with Crippen LogP contribution in [-0.4, -0.2) is 42.0 Å². The van der Waals surface area contributed by atoms with Crippen LogP contribution < -0.4 is 5.73 Å². The lowest BCUT2D eigenvalue weighted by molar-refractivity contribution is -0.122. The minimum Gasteiger partial charge on any atom is -0.368 e. The number of aromatic nitrogens is 1. The molecular formula is C14H21N3O3S2. The van der Waals surface area contributed by atoms with Gasteiger partial charge in [0.15, 0.2) is 0 Å². The number of hydrogen-bond acceptors (Lipinski definition) is 5. The molecule has 8 heteroatoms. The molecule has 1 aromatic rings.